The van der Waals surface area contributed by atoms with Crippen molar-refractivity contribution in [3.63, 3.8) is 0 Å². The fourth-order valence-corrected chi connectivity index (χ4v) is 4.31. The molecule has 0 aliphatic carbocycles. The molecule has 4 rings (SSSR count). The van der Waals surface area contributed by atoms with Crippen LogP contribution in [0.2, 0.25) is 0 Å². The number of anilines is 6. The Kier molecular flexibility index (Phi) is 7.83. The number of rotatable bonds is 9. The highest BCUT2D eigenvalue weighted by Gasteiger charge is 2.20. The molecular weight excluding hydrogens is 462 g/mol. The standard InChI is InChI=1S/C28H39N9/c1-18-11-12-20(19(2)31-23-10-8-7-9-22(23)29)15-24(18)33-26-34-25(32-21-13-14-30-16-21)35-27(36-26)37(6)17-28(3,4)5/h7-12,15,21,30-31H,2,13-14,16-17,29H2,1,3-6H3,(H2,32,33,34,35,36)/t21-/m1/s1. The summed E-state index contributed by atoms with van der Waals surface area (Å²) in [6, 6.07) is 14.1. The molecule has 0 radical (unpaired) electrons. The lowest BCUT2D eigenvalue weighted by atomic mass is 9.96. The first-order valence-electron chi connectivity index (χ1n) is 12.7. The van der Waals surface area contributed by atoms with Gasteiger partial charge in [0, 0.05) is 37.6 Å². The Labute approximate surface area is 220 Å². The Bertz CT molecular complexity index is 1240. The zero-order chi connectivity index (χ0) is 26.6. The van der Waals surface area contributed by atoms with Crippen LogP contribution >= 0.6 is 0 Å². The van der Waals surface area contributed by atoms with Gasteiger partial charge in [-0.3, -0.25) is 0 Å². The van der Waals surface area contributed by atoms with Crippen molar-refractivity contribution in [1.29, 1.82) is 0 Å². The summed E-state index contributed by atoms with van der Waals surface area (Å²) >= 11 is 0. The third-order valence-corrected chi connectivity index (χ3v) is 6.15. The molecule has 2 heterocycles. The second-order valence-corrected chi connectivity index (χ2v) is 10.9. The zero-order valence-electron chi connectivity index (χ0n) is 22.5. The second kappa shape index (κ2) is 11.0. The molecule has 1 saturated heterocycles. The smallest absolute Gasteiger partial charge is 0.233 e. The fourth-order valence-electron chi connectivity index (χ4n) is 4.31. The van der Waals surface area contributed by atoms with Crippen LogP contribution in [-0.2, 0) is 0 Å². The van der Waals surface area contributed by atoms with Crippen LogP contribution in [0.15, 0.2) is 49.0 Å². The van der Waals surface area contributed by atoms with Gasteiger partial charge in [-0.15, -0.1) is 0 Å². The summed E-state index contributed by atoms with van der Waals surface area (Å²) in [6.07, 6.45) is 1.03. The number of benzene rings is 2. The SMILES string of the molecule is C=C(Nc1ccccc1N)c1ccc(C)c(Nc2nc(N[C@@H]3CCNC3)nc(N(C)CC(C)(C)C)n2)c1. The highest BCUT2D eigenvalue weighted by atomic mass is 15.3. The molecule has 0 spiro atoms. The van der Waals surface area contributed by atoms with Crippen molar-refractivity contribution in [2.24, 2.45) is 5.41 Å². The third kappa shape index (κ3) is 7.10. The molecule has 3 aromatic rings. The molecule has 1 aliphatic rings. The molecule has 1 aromatic heterocycles. The van der Waals surface area contributed by atoms with Crippen LogP contribution in [0.25, 0.3) is 5.70 Å². The van der Waals surface area contributed by atoms with E-state index in [-0.39, 0.29) is 5.41 Å². The topological polar surface area (TPSA) is 116 Å². The maximum atomic E-state index is 6.10. The maximum absolute atomic E-state index is 6.10. The maximum Gasteiger partial charge on any atom is 0.233 e. The molecule has 0 amide bonds. The molecule has 1 atom stereocenters. The van der Waals surface area contributed by atoms with Crippen molar-refractivity contribution < 1.29 is 0 Å². The number of aryl methyl sites for hydroxylation is 1. The van der Waals surface area contributed by atoms with E-state index in [1.54, 1.807) is 0 Å². The van der Waals surface area contributed by atoms with Crippen LogP contribution in [-0.4, -0.2) is 47.7 Å². The molecule has 37 heavy (non-hydrogen) atoms. The van der Waals surface area contributed by atoms with Crippen LogP contribution in [0, 0.1) is 12.3 Å². The van der Waals surface area contributed by atoms with E-state index in [0.29, 0.717) is 29.6 Å². The second-order valence-electron chi connectivity index (χ2n) is 10.9. The van der Waals surface area contributed by atoms with Gasteiger partial charge >= 0.3 is 0 Å². The molecule has 0 unspecified atom stereocenters. The first-order chi connectivity index (χ1) is 17.6. The van der Waals surface area contributed by atoms with E-state index < -0.39 is 0 Å². The number of nitrogens with one attached hydrogen (secondary N) is 4. The largest absolute Gasteiger partial charge is 0.397 e. The van der Waals surface area contributed by atoms with E-state index >= 15 is 0 Å². The molecule has 196 valence electrons. The van der Waals surface area contributed by atoms with Gasteiger partial charge in [0.15, 0.2) is 0 Å². The predicted molar refractivity (Wildman–Crippen MR) is 155 cm³/mol. The van der Waals surface area contributed by atoms with Gasteiger partial charge in [0.25, 0.3) is 0 Å². The lowest BCUT2D eigenvalue weighted by Gasteiger charge is -2.27. The first kappa shape index (κ1) is 26.2. The van der Waals surface area contributed by atoms with Gasteiger partial charge in [-0.1, -0.05) is 51.6 Å². The third-order valence-electron chi connectivity index (χ3n) is 6.15. The Morgan fingerprint density at radius 3 is 2.57 bits per heavy atom. The van der Waals surface area contributed by atoms with Crippen molar-refractivity contribution in [3.8, 4) is 0 Å². The van der Waals surface area contributed by atoms with Gasteiger partial charge in [-0.05, 0) is 54.6 Å². The van der Waals surface area contributed by atoms with Crippen LogP contribution in [0.3, 0.4) is 0 Å². The van der Waals surface area contributed by atoms with Crippen LogP contribution in [0.5, 0.6) is 0 Å². The van der Waals surface area contributed by atoms with E-state index in [4.69, 9.17) is 20.7 Å². The predicted octanol–water partition coefficient (Wildman–Crippen LogP) is 4.84. The van der Waals surface area contributed by atoms with E-state index in [1.807, 2.05) is 43.4 Å². The highest BCUT2D eigenvalue weighted by Crippen LogP contribution is 2.28. The van der Waals surface area contributed by atoms with Gasteiger partial charge < -0.3 is 31.9 Å². The molecule has 1 fully saturated rings. The molecule has 9 nitrogen and oxygen atoms in total. The molecule has 9 heteroatoms. The average molecular weight is 502 g/mol. The van der Waals surface area contributed by atoms with Crippen molar-refractivity contribution in [2.75, 3.05) is 53.3 Å². The van der Waals surface area contributed by atoms with Crippen LogP contribution in [0.4, 0.5) is 34.9 Å². The number of nitrogens with two attached hydrogens (primary N) is 1. The number of hydrogen-bond donors (Lipinski definition) is 5. The summed E-state index contributed by atoms with van der Waals surface area (Å²) in [6.45, 7) is 15.6. The fraction of sp³-hybridized carbons (Fsp3) is 0.393. The minimum atomic E-state index is 0.0956. The average Bonchev–Trinajstić information content (AvgIpc) is 3.33. The lowest BCUT2D eigenvalue weighted by molar-refractivity contribution is 0.416. The minimum Gasteiger partial charge on any atom is -0.397 e. The lowest BCUT2D eigenvalue weighted by Crippen LogP contribution is -2.31. The number of para-hydroxylation sites is 2. The summed E-state index contributed by atoms with van der Waals surface area (Å²) in [5.41, 5.74) is 11.3. The number of nitrogen functional groups attached to an aromatic ring is 1. The van der Waals surface area contributed by atoms with Crippen LogP contribution in [0.1, 0.15) is 38.3 Å². The van der Waals surface area contributed by atoms with Crippen molar-refractivity contribution >= 4 is 40.6 Å². The van der Waals surface area contributed by atoms with Gasteiger partial charge in [0.1, 0.15) is 0 Å². The summed E-state index contributed by atoms with van der Waals surface area (Å²) < 4.78 is 0. The Balaban J connectivity index is 1.60. The van der Waals surface area contributed by atoms with Gasteiger partial charge in [-0.25, -0.2) is 0 Å². The molecule has 0 bridgehead atoms. The van der Waals surface area contributed by atoms with Gasteiger partial charge in [0.05, 0.1) is 11.4 Å². The Morgan fingerprint density at radius 1 is 1.11 bits per heavy atom. The number of nitrogens with zero attached hydrogens (tertiary/aromatic N) is 4. The number of hydrogen-bond acceptors (Lipinski definition) is 9. The van der Waals surface area contributed by atoms with Crippen molar-refractivity contribution in [3.05, 3.63) is 60.2 Å². The first-order valence-corrected chi connectivity index (χ1v) is 12.7. The van der Waals surface area contributed by atoms with Gasteiger partial charge in [-0.2, -0.15) is 15.0 Å². The van der Waals surface area contributed by atoms with Crippen LogP contribution < -0.4 is 31.9 Å². The quantitative estimate of drug-likeness (QED) is 0.263. The van der Waals surface area contributed by atoms with Crippen molar-refractivity contribution in [1.82, 2.24) is 20.3 Å². The summed E-state index contributed by atoms with van der Waals surface area (Å²) in [4.78, 5) is 16.3. The van der Waals surface area contributed by atoms with Gasteiger partial charge in [0.2, 0.25) is 17.8 Å². The van der Waals surface area contributed by atoms with Crippen molar-refractivity contribution in [2.45, 2.75) is 40.2 Å². The molecular formula is C28H39N9. The zero-order valence-corrected chi connectivity index (χ0v) is 22.5. The summed E-state index contributed by atoms with van der Waals surface area (Å²) in [5.74, 6) is 1.69. The minimum absolute atomic E-state index is 0.0956. The van der Waals surface area contributed by atoms with E-state index in [9.17, 15) is 0 Å². The summed E-state index contributed by atoms with van der Waals surface area (Å²) in [7, 11) is 2.02. The Hall–Kier alpha value is -3.85. The molecule has 6 N–H and O–H groups in total. The van der Waals surface area contributed by atoms with E-state index in [2.05, 4.69) is 66.5 Å². The molecule has 1 aliphatic heterocycles. The summed E-state index contributed by atoms with van der Waals surface area (Å²) in [5, 5.41) is 13.6. The van der Waals surface area contributed by atoms with E-state index in [0.717, 1.165) is 54.3 Å². The van der Waals surface area contributed by atoms with E-state index in [1.165, 1.54) is 0 Å². The number of aromatic nitrogens is 3. The Morgan fingerprint density at radius 2 is 1.86 bits per heavy atom. The molecule has 0 saturated carbocycles. The highest BCUT2D eigenvalue weighted by molar-refractivity contribution is 5.82. The normalized spacial score (nSPS) is 15.3. The monoisotopic (exact) mass is 501 g/mol. The molecule has 2 aromatic carbocycles.